The molecule has 0 saturated carbocycles. The minimum atomic E-state index is 1.16. The predicted molar refractivity (Wildman–Crippen MR) is 74.3 cm³/mol. The fourth-order valence-corrected chi connectivity index (χ4v) is 3.40. The Morgan fingerprint density at radius 2 is 2.20 bits per heavy atom. The highest BCUT2D eigenvalue weighted by Crippen LogP contribution is 2.37. The molecule has 0 atom stereocenters. The predicted octanol–water partition coefficient (Wildman–Crippen LogP) is 5.34. The molecule has 2 aromatic rings. The van der Waals surface area contributed by atoms with Crippen molar-refractivity contribution >= 4 is 49.5 Å². The van der Waals surface area contributed by atoms with Crippen LogP contribution in [0.5, 0.6) is 0 Å². The van der Waals surface area contributed by atoms with Crippen molar-refractivity contribution in [1.29, 1.82) is 0 Å². The topological polar surface area (TPSA) is 0 Å². The van der Waals surface area contributed by atoms with Crippen LogP contribution >= 0.6 is 27.3 Å². The van der Waals surface area contributed by atoms with E-state index >= 15 is 0 Å². The maximum Gasteiger partial charge on any atom is 0.0497 e. The van der Waals surface area contributed by atoms with Gasteiger partial charge >= 0.3 is 0 Å². The molecule has 15 heavy (non-hydrogen) atoms. The van der Waals surface area contributed by atoms with Crippen LogP contribution in [0, 0.1) is 0 Å². The average Bonchev–Trinajstić information content (AvgIpc) is 2.58. The summed E-state index contributed by atoms with van der Waals surface area (Å²) in [6.45, 7) is 5.92. The third-order valence-electron chi connectivity index (χ3n) is 2.26. The molecule has 2 heteroatoms. The first-order valence-electron chi connectivity index (χ1n) is 4.74. The SMILES string of the molecule is C=Cc1c(/C=C\C)sc2c(Br)cccc12. The Bertz CT molecular complexity index is 535. The maximum atomic E-state index is 3.88. The van der Waals surface area contributed by atoms with E-state index in [9.17, 15) is 0 Å². The van der Waals surface area contributed by atoms with Crippen molar-refractivity contribution in [2.24, 2.45) is 0 Å². The zero-order valence-corrected chi connectivity index (χ0v) is 10.9. The normalized spacial score (nSPS) is 11.3. The highest BCUT2D eigenvalue weighted by atomic mass is 79.9. The molecule has 2 rings (SSSR count). The molecule has 0 unspecified atom stereocenters. The first kappa shape index (κ1) is 10.7. The number of allylic oxidation sites excluding steroid dienone is 1. The van der Waals surface area contributed by atoms with Gasteiger partial charge in [-0.3, -0.25) is 0 Å². The van der Waals surface area contributed by atoms with Gasteiger partial charge in [0.15, 0.2) is 0 Å². The number of thiophene rings is 1. The van der Waals surface area contributed by atoms with Crippen molar-refractivity contribution in [3.63, 3.8) is 0 Å². The van der Waals surface area contributed by atoms with Crippen molar-refractivity contribution in [1.82, 2.24) is 0 Å². The number of hydrogen-bond donors (Lipinski definition) is 0. The smallest absolute Gasteiger partial charge is 0.0497 e. The van der Waals surface area contributed by atoms with Crippen LogP contribution in [0.2, 0.25) is 0 Å². The summed E-state index contributed by atoms with van der Waals surface area (Å²) in [5.41, 5.74) is 1.23. The second-order valence-corrected chi connectivity index (χ2v) is 5.11. The van der Waals surface area contributed by atoms with Crippen LogP contribution in [-0.2, 0) is 0 Å². The summed E-state index contributed by atoms with van der Waals surface area (Å²) < 4.78 is 2.45. The summed E-state index contributed by atoms with van der Waals surface area (Å²) in [6.07, 6.45) is 6.13. The Kier molecular flexibility index (Phi) is 3.08. The molecule has 1 aromatic heterocycles. The molecule has 0 bridgehead atoms. The van der Waals surface area contributed by atoms with Crippen LogP contribution in [-0.4, -0.2) is 0 Å². The largest absolute Gasteiger partial charge is 0.134 e. The van der Waals surface area contributed by atoms with E-state index in [0.717, 1.165) is 4.47 Å². The van der Waals surface area contributed by atoms with Gasteiger partial charge in [0.25, 0.3) is 0 Å². The molecule has 0 N–H and O–H groups in total. The van der Waals surface area contributed by atoms with Crippen molar-refractivity contribution in [3.05, 3.63) is 45.8 Å². The van der Waals surface area contributed by atoms with Gasteiger partial charge in [0.2, 0.25) is 0 Å². The van der Waals surface area contributed by atoms with Gasteiger partial charge in [-0.25, -0.2) is 0 Å². The molecule has 0 aliphatic heterocycles. The van der Waals surface area contributed by atoms with Gasteiger partial charge in [0.1, 0.15) is 0 Å². The third-order valence-corrected chi connectivity index (χ3v) is 4.40. The van der Waals surface area contributed by atoms with E-state index in [1.165, 1.54) is 20.5 Å². The van der Waals surface area contributed by atoms with Crippen LogP contribution in [0.1, 0.15) is 17.4 Å². The van der Waals surface area contributed by atoms with Crippen LogP contribution in [0.4, 0.5) is 0 Å². The van der Waals surface area contributed by atoms with E-state index in [1.807, 2.05) is 13.0 Å². The number of rotatable bonds is 2. The standard InChI is InChI=1S/C13H11BrS/c1-3-6-12-9(4-2)10-7-5-8-11(14)13(10)15-12/h3-8H,2H2,1H3/b6-3-. The Morgan fingerprint density at radius 1 is 1.40 bits per heavy atom. The summed E-state index contributed by atoms with van der Waals surface area (Å²) in [4.78, 5) is 1.27. The van der Waals surface area contributed by atoms with E-state index in [4.69, 9.17) is 0 Å². The highest BCUT2D eigenvalue weighted by molar-refractivity contribution is 9.10. The number of hydrogen-bond acceptors (Lipinski definition) is 1. The molecule has 0 amide bonds. The van der Waals surface area contributed by atoms with Gasteiger partial charge in [-0.05, 0) is 40.6 Å². The lowest BCUT2D eigenvalue weighted by Gasteiger charge is -1.93. The van der Waals surface area contributed by atoms with Gasteiger partial charge in [-0.1, -0.05) is 30.9 Å². The van der Waals surface area contributed by atoms with Gasteiger partial charge in [0.05, 0.1) is 0 Å². The van der Waals surface area contributed by atoms with E-state index in [1.54, 1.807) is 11.3 Å². The van der Waals surface area contributed by atoms with Gasteiger partial charge in [-0.15, -0.1) is 11.3 Å². The van der Waals surface area contributed by atoms with Crippen molar-refractivity contribution in [2.45, 2.75) is 6.92 Å². The Labute approximate surface area is 102 Å². The zero-order chi connectivity index (χ0) is 10.8. The zero-order valence-electron chi connectivity index (χ0n) is 8.46. The van der Waals surface area contributed by atoms with Crippen molar-refractivity contribution < 1.29 is 0 Å². The van der Waals surface area contributed by atoms with E-state index < -0.39 is 0 Å². The van der Waals surface area contributed by atoms with Crippen molar-refractivity contribution in [3.8, 4) is 0 Å². The third kappa shape index (κ3) is 1.80. The molecular formula is C13H11BrS. The van der Waals surface area contributed by atoms with Gasteiger partial charge in [-0.2, -0.15) is 0 Å². The van der Waals surface area contributed by atoms with Crippen LogP contribution in [0.25, 0.3) is 22.2 Å². The lowest BCUT2D eigenvalue weighted by molar-refractivity contribution is 1.76. The monoisotopic (exact) mass is 278 g/mol. The lowest BCUT2D eigenvalue weighted by Crippen LogP contribution is -1.71. The number of halogens is 1. The first-order valence-corrected chi connectivity index (χ1v) is 6.35. The minimum absolute atomic E-state index is 1.16. The van der Waals surface area contributed by atoms with Gasteiger partial charge in [0, 0.05) is 19.4 Å². The highest BCUT2D eigenvalue weighted by Gasteiger charge is 2.08. The van der Waals surface area contributed by atoms with Crippen LogP contribution < -0.4 is 0 Å². The van der Waals surface area contributed by atoms with E-state index in [0.29, 0.717) is 0 Å². The molecule has 0 saturated heterocycles. The van der Waals surface area contributed by atoms with Crippen LogP contribution in [0.3, 0.4) is 0 Å². The Morgan fingerprint density at radius 3 is 2.87 bits per heavy atom. The molecular weight excluding hydrogens is 268 g/mol. The Balaban J connectivity index is 2.84. The second-order valence-electron chi connectivity index (χ2n) is 3.20. The lowest BCUT2D eigenvalue weighted by atomic mass is 10.1. The maximum absolute atomic E-state index is 3.88. The van der Waals surface area contributed by atoms with Gasteiger partial charge < -0.3 is 0 Å². The fraction of sp³-hybridized carbons (Fsp3) is 0.0769. The number of benzene rings is 1. The quantitative estimate of drug-likeness (QED) is 0.696. The fourth-order valence-electron chi connectivity index (χ4n) is 1.61. The number of fused-ring (bicyclic) bond motifs is 1. The molecule has 1 heterocycles. The van der Waals surface area contributed by atoms with E-state index in [-0.39, 0.29) is 0 Å². The molecule has 1 aromatic carbocycles. The Hall–Kier alpha value is -0.860. The summed E-state index contributed by atoms with van der Waals surface area (Å²) in [6, 6.07) is 6.28. The summed E-state index contributed by atoms with van der Waals surface area (Å²) >= 11 is 5.37. The molecule has 0 spiro atoms. The molecule has 76 valence electrons. The summed E-state index contributed by atoms with van der Waals surface area (Å²) in [5.74, 6) is 0. The molecule has 0 aliphatic rings. The molecule has 0 fully saturated rings. The molecule has 0 nitrogen and oxygen atoms in total. The second kappa shape index (κ2) is 4.33. The van der Waals surface area contributed by atoms with E-state index in [2.05, 4.69) is 52.9 Å². The van der Waals surface area contributed by atoms with Crippen molar-refractivity contribution in [2.75, 3.05) is 0 Å². The summed E-state index contributed by atoms with van der Waals surface area (Å²) in [5, 5.41) is 1.28. The first-order chi connectivity index (χ1) is 7.27. The molecule has 0 aliphatic carbocycles. The van der Waals surface area contributed by atoms with Crippen LogP contribution in [0.15, 0.2) is 35.3 Å². The summed E-state index contributed by atoms with van der Waals surface area (Å²) in [7, 11) is 0. The minimum Gasteiger partial charge on any atom is -0.134 e. The average molecular weight is 279 g/mol. The molecule has 0 radical (unpaired) electrons.